The van der Waals surface area contributed by atoms with Gasteiger partial charge in [-0.1, -0.05) is 54.6 Å². The second-order valence-electron chi connectivity index (χ2n) is 12.8. The van der Waals surface area contributed by atoms with Gasteiger partial charge in [-0.15, -0.1) is 0 Å². The molecule has 4 N–H and O–H groups in total. The second-order valence-corrected chi connectivity index (χ2v) is 12.8. The summed E-state index contributed by atoms with van der Waals surface area (Å²) in [4.78, 5) is 53.3. The lowest BCUT2D eigenvalue weighted by Crippen LogP contribution is -2.21. The number of rotatable bonds is 14. The Labute approximate surface area is 293 Å². The van der Waals surface area contributed by atoms with Crippen molar-refractivity contribution < 1.29 is 29.0 Å². The number of nitrogens with zero attached hydrogens (tertiary/aromatic N) is 1. The van der Waals surface area contributed by atoms with Crippen LogP contribution in [0.1, 0.15) is 46.4 Å². The van der Waals surface area contributed by atoms with Crippen LogP contribution in [0.4, 0.5) is 0 Å². The van der Waals surface area contributed by atoms with Crippen molar-refractivity contribution in [2.24, 2.45) is 5.92 Å². The Kier molecular flexibility index (Phi) is 9.65. The molecule has 0 bridgehead atoms. The quantitative estimate of drug-likeness (QED) is 0.0866. The minimum atomic E-state index is -0.972. The minimum Gasteiger partial charge on any atom is -0.481 e. The Hall–Kier alpha value is -6.16. The van der Waals surface area contributed by atoms with Gasteiger partial charge in [-0.05, 0) is 73.1 Å². The molecule has 0 spiro atoms. The number of aromatic amines is 3. The summed E-state index contributed by atoms with van der Waals surface area (Å²) in [6.07, 6.45) is 8.76. The van der Waals surface area contributed by atoms with Gasteiger partial charge in [0.2, 0.25) is 0 Å². The number of aromatic nitrogens is 4. The van der Waals surface area contributed by atoms with Crippen LogP contribution in [0.2, 0.25) is 0 Å². The number of hydrogen-bond donors (Lipinski definition) is 4. The molecule has 0 radical (unpaired) electrons. The first-order valence-electron chi connectivity index (χ1n) is 17.1. The number of carboxylic acid groups (broad SMARTS) is 1. The fourth-order valence-electron chi connectivity index (χ4n) is 6.76. The summed E-state index contributed by atoms with van der Waals surface area (Å²) in [5.74, 6) is -2.50. The van der Waals surface area contributed by atoms with Crippen LogP contribution in [0.3, 0.4) is 0 Å². The molecule has 0 amide bonds. The molecule has 4 heterocycles. The largest absolute Gasteiger partial charge is 0.481 e. The fourth-order valence-corrected chi connectivity index (χ4v) is 6.76. The monoisotopic (exact) mass is 682 g/mol. The lowest BCUT2D eigenvalue weighted by atomic mass is 9.91. The number of nitrogens with one attached hydrogen (secondary N) is 3. The maximum Gasteiger partial charge on any atom is 0.311 e. The van der Waals surface area contributed by atoms with Gasteiger partial charge in [0.25, 0.3) is 0 Å². The number of benzene rings is 3. The summed E-state index contributed by atoms with van der Waals surface area (Å²) in [7, 11) is 0. The van der Waals surface area contributed by atoms with Gasteiger partial charge in [-0.3, -0.25) is 19.4 Å². The number of esters is 2. The number of fused-ring (bicyclic) bond motifs is 3. The van der Waals surface area contributed by atoms with Crippen molar-refractivity contribution in [3.05, 3.63) is 131 Å². The summed E-state index contributed by atoms with van der Waals surface area (Å²) in [5.41, 5.74) is 7.21. The van der Waals surface area contributed by atoms with Crippen molar-refractivity contribution in [2.45, 2.75) is 52.1 Å². The van der Waals surface area contributed by atoms with E-state index in [4.69, 9.17) is 9.47 Å². The average Bonchev–Trinajstić information content (AvgIpc) is 3.87. The van der Waals surface area contributed by atoms with Crippen molar-refractivity contribution in [1.29, 1.82) is 0 Å². The van der Waals surface area contributed by atoms with Crippen LogP contribution in [0.25, 0.3) is 32.7 Å². The summed E-state index contributed by atoms with van der Waals surface area (Å²) >= 11 is 0. The number of aryl methyl sites for hydroxylation is 3. The Morgan fingerprint density at radius 3 is 1.75 bits per heavy atom. The van der Waals surface area contributed by atoms with Crippen molar-refractivity contribution in [3.63, 3.8) is 0 Å². The fraction of sp³-hybridized carbons (Fsp3) is 0.220. The van der Waals surface area contributed by atoms with E-state index in [1.165, 1.54) is 0 Å². The maximum atomic E-state index is 13.3. The van der Waals surface area contributed by atoms with Crippen LogP contribution in [0.15, 0.2) is 97.6 Å². The van der Waals surface area contributed by atoms with Gasteiger partial charge in [-0.25, -0.2) is 0 Å². The SMILES string of the molecule is Cc1ncc(CC(Cc2c[nH]c3ccccc23)C(=O)O)c(COC(=O)CCc2c[nH]c3ccccc23)c1OC(=O)CCc1c[nH]c2ccccc12. The average molecular weight is 683 g/mol. The molecule has 258 valence electrons. The zero-order valence-corrected chi connectivity index (χ0v) is 28.2. The second kappa shape index (κ2) is 14.8. The topological polar surface area (TPSA) is 150 Å². The lowest BCUT2D eigenvalue weighted by molar-refractivity contribution is -0.145. The molecular weight excluding hydrogens is 644 g/mol. The first-order chi connectivity index (χ1) is 24.8. The number of aliphatic carboxylic acids is 1. The van der Waals surface area contributed by atoms with E-state index in [0.29, 0.717) is 29.7 Å². The number of H-pyrrole nitrogens is 3. The normalized spacial score (nSPS) is 12.0. The number of carbonyl (C=O) groups excluding carboxylic acids is 2. The van der Waals surface area contributed by atoms with Gasteiger partial charge in [-0.2, -0.15) is 0 Å². The molecule has 1 unspecified atom stereocenters. The first-order valence-corrected chi connectivity index (χ1v) is 17.1. The highest BCUT2D eigenvalue weighted by atomic mass is 16.5. The van der Waals surface area contributed by atoms with Crippen LogP contribution in [0.5, 0.6) is 5.75 Å². The Morgan fingerprint density at radius 2 is 1.18 bits per heavy atom. The predicted octanol–water partition coefficient (Wildman–Crippen LogP) is 7.53. The van der Waals surface area contributed by atoms with Gasteiger partial charge in [0.15, 0.2) is 5.75 Å². The summed E-state index contributed by atoms with van der Waals surface area (Å²) in [5, 5.41) is 13.4. The molecule has 0 aliphatic rings. The molecule has 0 saturated heterocycles. The number of hydrogen-bond acceptors (Lipinski definition) is 6. The molecule has 10 heteroatoms. The van der Waals surface area contributed by atoms with Crippen LogP contribution < -0.4 is 4.74 Å². The summed E-state index contributed by atoms with van der Waals surface area (Å²) in [6, 6.07) is 23.5. The molecule has 0 aliphatic heterocycles. The third kappa shape index (κ3) is 7.40. The molecule has 51 heavy (non-hydrogen) atoms. The molecule has 7 rings (SSSR count). The Morgan fingerprint density at radius 1 is 0.686 bits per heavy atom. The molecule has 0 fully saturated rings. The highest BCUT2D eigenvalue weighted by molar-refractivity contribution is 5.85. The summed E-state index contributed by atoms with van der Waals surface area (Å²) in [6.45, 7) is 1.52. The third-order valence-corrected chi connectivity index (χ3v) is 9.50. The number of carboxylic acids is 1. The smallest absolute Gasteiger partial charge is 0.311 e. The molecule has 10 nitrogen and oxygen atoms in total. The molecule has 4 aromatic heterocycles. The molecular formula is C41H38N4O6. The predicted molar refractivity (Wildman–Crippen MR) is 194 cm³/mol. The van der Waals surface area contributed by atoms with Gasteiger partial charge in [0, 0.05) is 69.5 Å². The van der Waals surface area contributed by atoms with Crippen molar-refractivity contribution in [3.8, 4) is 5.75 Å². The highest BCUT2D eigenvalue weighted by Gasteiger charge is 2.26. The van der Waals surface area contributed by atoms with Gasteiger partial charge in [0.1, 0.15) is 6.61 Å². The highest BCUT2D eigenvalue weighted by Crippen LogP contribution is 2.31. The van der Waals surface area contributed by atoms with Crippen molar-refractivity contribution >= 4 is 50.6 Å². The van der Waals surface area contributed by atoms with E-state index >= 15 is 0 Å². The van der Waals surface area contributed by atoms with E-state index < -0.39 is 23.8 Å². The first kappa shape index (κ1) is 33.3. The molecule has 3 aromatic carbocycles. The van der Waals surface area contributed by atoms with E-state index in [1.54, 1.807) is 13.1 Å². The molecule has 0 aliphatic carbocycles. The number of para-hydroxylation sites is 3. The third-order valence-electron chi connectivity index (χ3n) is 9.50. The van der Waals surface area contributed by atoms with Gasteiger partial charge in [0.05, 0.1) is 18.0 Å². The number of ether oxygens (including phenoxy) is 2. The Balaban J connectivity index is 1.12. The Bertz CT molecular complexity index is 2370. The van der Waals surface area contributed by atoms with Gasteiger partial charge >= 0.3 is 17.9 Å². The molecule has 1 atom stereocenters. The van der Waals surface area contributed by atoms with E-state index in [-0.39, 0.29) is 38.0 Å². The molecule has 0 saturated carbocycles. The van der Waals surface area contributed by atoms with E-state index in [1.807, 2.05) is 91.4 Å². The van der Waals surface area contributed by atoms with E-state index in [0.717, 1.165) is 49.4 Å². The van der Waals surface area contributed by atoms with E-state index in [9.17, 15) is 19.5 Å². The van der Waals surface area contributed by atoms with Crippen LogP contribution in [-0.4, -0.2) is 43.0 Å². The van der Waals surface area contributed by atoms with Crippen LogP contribution in [0, 0.1) is 12.8 Å². The van der Waals surface area contributed by atoms with Crippen LogP contribution in [-0.2, 0) is 51.4 Å². The molecule has 7 aromatic rings. The van der Waals surface area contributed by atoms with Crippen molar-refractivity contribution in [2.75, 3.05) is 0 Å². The number of carbonyl (C=O) groups is 3. The lowest BCUT2D eigenvalue weighted by Gasteiger charge is -2.19. The standard InChI is InChI=1S/C41H38N4O6/c1-25-40(51-39(47)17-15-27-21-44-36-12-6-3-9-32(27)36)34(24-50-38(46)16-14-26-20-43-35-11-5-2-8-31(26)35)30(22-42-25)19-28(41(48)49)18-29-23-45-37-13-7-4-10-33(29)37/h2-13,20-23,28,43-45H,14-19,24H2,1H3,(H,48,49). The zero-order chi connectivity index (χ0) is 35.3. The van der Waals surface area contributed by atoms with Gasteiger partial charge < -0.3 is 29.5 Å². The number of pyridine rings is 1. The zero-order valence-electron chi connectivity index (χ0n) is 28.2. The maximum absolute atomic E-state index is 13.3. The van der Waals surface area contributed by atoms with Crippen molar-refractivity contribution in [1.82, 2.24) is 19.9 Å². The summed E-state index contributed by atoms with van der Waals surface area (Å²) < 4.78 is 11.8. The van der Waals surface area contributed by atoms with Crippen LogP contribution >= 0.6 is 0 Å². The minimum absolute atomic E-state index is 0.0875. The van der Waals surface area contributed by atoms with E-state index in [2.05, 4.69) is 19.9 Å².